The average molecular weight is 423 g/mol. The molecule has 3 rings (SSSR count). The third kappa shape index (κ3) is 5.14. The monoisotopic (exact) mass is 422 g/mol. The zero-order valence-corrected chi connectivity index (χ0v) is 18.1. The van der Waals surface area contributed by atoms with Gasteiger partial charge in [0, 0.05) is 7.05 Å². The number of benzene rings is 3. The minimum Gasteiger partial charge on any atom is -0.343 e. The smallest absolute Gasteiger partial charge is 0.243 e. The van der Waals surface area contributed by atoms with Gasteiger partial charge in [0.05, 0.1) is 12.3 Å². The van der Waals surface area contributed by atoms with Crippen molar-refractivity contribution >= 4 is 15.9 Å². The minimum atomic E-state index is -3.59. The predicted octanol–water partition coefficient (Wildman–Crippen LogP) is 3.83. The Kier molecular flexibility index (Phi) is 6.70. The number of nitrogens with zero attached hydrogens (tertiary/aromatic N) is 1. The lowest BCUT2D eigenvalue weighted by Gasteiger charge is -2.28. The number of carbonyl (C=O) groups excluding carboxylic acids is 1. The van der Waals surface area contributed by atoms with Gasteiger partial charge < -0.3 is 5.32 Å². The number of sulfonamides is 1. The molecule has 0 radical (unpaired) electrons. The van der Waals surface area contributed by atoms with Gasteiger partial charge >= 0.3 is 0 Å². The van der Waals surface area contributed by atoms with Crippen LogP contribution in [0.15, 0.2) is 84.9 Å². The van der Waals surface area contributed by atoms with Crippen molar-refractivity contribution in [1.29, 1.82) is 0 Å². The van der Waals surface area contributed by atoms with Crippen LogP contribution in [0.5, 0.6) is 0 Å². The summed E-state index contributed by atoms with van der Waals surface area (Å²) >= 11 is 0. The van der Waals surface area contributed by atoms with Crippen LogP contribution in [-0.4, -0.2) is 31.9 Å². The molecule has 0 aliphatic carbocycles. The quantitative estimate of drug-likeness (QED) is 0.629. The fourth-order valence-corrected chi connectivity index (χ4v) is 3.94. The number of likely N-dealkylation sites (N-methyl/N-ethyl adjacent to an activating group) is 1. The fraction of sp³-hybridized carbons (Fsp3) is 0.208. The molecular formula is C24H26N2O3S. The topological polar surface area (TPSA) is 66.5 Å². The lowest BCUT2D eigenvalue weighted by Crippen LogP contribution is -2.42. The van der Waals surface area contributed by atoms with Crippen molar-refractivity contribution in [2.45, 2.75) is 19.0 Å². The SMILES string of the molecule is Cc1ccc([C@H](NC(=O)[C@@H](c2ccccc2)N(C)S(C)(=O)=O)c2ccccc2)cc1. The van der Waals surface area contributed by atoms with Crippen molar-refractivity contribution in [2.75, 3.05) is 13.3 Å². The molecule has 0 aliphatic rings. The van der Waals surface area contributed by atoms with E-state index in [1.807, 2.05) is 67.6 Å². The zero-order chi connectivity index (χ0) is 21.7. The van der Waals surface area contributed by atoms with E-state index in [2.05, 4.69) is 5.32 Å². The highest BCUT2D eigenvalue weighted by molar-refractivity contribution is 7.88. The summed E-state index contributed by atoms with van der Waals surface area (Å²) in [5, 5.41) is 3.08. The summed E-state index contributed by atoms with van der Waals surface area (Å²) < 4.78 is 25.6. The van der Waals surface area contributed by atoms with Crippen LogP contribution in [0.1, 0.15) is 34.3 Å². The first-order valence-corrected chi connectivity index (χ1v) is 11.5. The molecular weight excluding hydrogens is 396 g/mol. The van der Waals surface area contributed by atoms with Gasteiger partial charge in [0.2, 0.25) is 15.9 Å². The van der Waals surface area contributed by atoms with Crippen LogP contribution < -0.4 is 5.32 Å². The van der Waals surface area contributed by atoms with E-state index in [0.29, 0.717) is 5.56 Å². The molecule has 0 unspecified atom stereocenters. The molecule has 0 heterocycles. The lowest BCUT2D eigenvalue weighted by molar-refractivity contribution is -0.125. The first-order valence-electron chi connectivity index (χ1n) is 9.67. The molecule has 0 aliphatic heterocycles. The van der Waals surface area contributed by atoms with E-state index >= 15 is 0 Å². The van der Waals surface area contributed by atoms with Gasteiger partial charge in [-0.25, -0.2) is 8.42 Å². The van der Waals surface area contributed by atoms with Crippen molar-refractivity contribution in [1.82, 2.24) is 9.62 Å². The normalized spacial score (nSPS) is 13.6. The van der Waals surface area contributed by atoms with Gasteiger partial charge in [-0.15, -0.1) is 0 Å². The number of hydrogen-bond acceptors (Lipinski definition) is 3. The standard InChI is InChI=1S/C24H26N2O3S/c1-18-14-16-20(17-15-18)22(19-10-6-4-7-11-19)25-24(27)23(26(2)30(3,28)29)21-12-8-5-9-13-21/h4-17,22-23H,1-3H3,(H,25,27)/t22-,23-/m1/s1. The van der Waals surface area contributed by atoms with Gasteiger partial charge in [0.25, 0.3) is 0 Å². The van der Waals surface area contributed by atoms with Crippen LogP contribution in [0.2, 0.25) is 0 Å². The molecule has 0 saturated carbocycles. The van der Waals surface area contributed by atoms with Crippen molar-refractivity contribution in [3.05, 3.63) is 107 Å². The average Bonchev–Trinajstić information content (AvgIpc) is 2.74. The molecule has 3 aromatic rings. The van der Waals surface area contributed by atoms with Crippen LogP contribution in [0.4, 0.5) is 0 Å². The van der Waals surface area contributed by atoms with E-state index in [-0.39, 0.29) is 5.91 Å². The van der Waals surface area contributed by atoms with Crippen LogP contribution in [0, 0.1) is 6.92 Å². The summed E-state index contributed by atoms with van der Waals surface area (Å²) in [6.07, 6.45) is 1.10. The first-order chi connectivity index (χ1) is 14.3. The second kappa shape index (κ2) is 9.24. The van der Waals surface area contributed by atoms with Gasteiger partial charge in [0.1, 0.15) is 6.04 Å². The zero-order valence-electron chi connectivity index (χ0n) is 17.3. The fourth-order valence-electron chi connectivity index (χ4n) is 3.34. The van der Waals surface area contributed by atoms with Crippen molar-refractivity contribution in [3.63, 3.8) is 0 Å². The Bertz CT molecular complexity index is 1080. The van der Waals surface area contributed by atoms with Crippen LogP contribution in [-0.2, 0) is 14.8 Å². The van der Waals surface area contributed by atoms with Gasteiger partial charge in [0.15, 0.2) is 0 Å². The Morgan fingerprint density at radius 1 is 0.800 bits per heavy atom. The highest BCUT2D eigenvalue weighted by Crippen LogP contribution is 2.27. The summed E-state index contributed by atoms with van der Waals surface area (Å²) in [4.78, 5) is 13.4. The van der Waals surface area contributed by atoms with E-state index in [4.69, 9.17) is 0 Å². The summed E-state index contributed by atoms with van der Waals surface area (Å²) in [6, 6.07) is 25.1. The lowest BCUT2D eigenvalue weighted by atomic mass is 9.97. The Labute approximate surface area is 178 Å². The Morgan fingerprint density at radius 2 is 1.27 bits per heavy atom. The second-order valence-electron chi connectivity index (χ2n) is 7.36. The Hall–Kier alpha value is -2.96. The third-order valence-electron chi connectivity index (χ3n) is 5.08. The molecule has 156 valence electrons. The molecule has 0 spiro atoms. The van der Waals surface area contributed by atoms with E-state index < -0.39 is 22.1 Å². The number of nitrogens with one attached hydrogen (secondary N) is 1. The molecule has 0 saturated heterocycles. The van der Waals surface area contributed by atoms with Gasteiger partial charge in [-0.3, -0.25) is 4.79 Å². The number of carbonyl (C=O) groups is 1. The molecule has 0 aromatic heterocycles. The van der Waals surface area contributed by atoms with E-state index in [9.17, 15) is 13.2 Å². The third-order valence-corrected chi connectivity index (χ3v) is 6.34. The summed E-state index contributed by atoms with van der Waals surface area (Å²) in [6.45, 7) is 2.01. The molecule has 2 atom stereocenters. The maximum absolute atomic E-state index is 13.4. The molecule has 0 fully saturated rings. The van der Waals surface area contributed by atoms with Crippen molar-refractivity contribution in [3.8, 4) is 0 Å². The highest BCUT2D eigenvalue weighted by Gasteiger charge is 2.32. The molecule has 5 nitrogen and oxygen atoms in total. The number of rotatable bonds is 7. The molecule has 3 aromatic carbocycles. The second-order valence-corrected chi connectivity index (χ2v) is 9.40. The van der Waals surface area contributed by atoms with Gasteiger partial charge in [-0.1, -0.05) is 90.5 Å². The first kappa shape index (κ1) is 21.7. The molecule has 1 N–H and O–H groups in total. The summed E-state index contributed by atoms with van der Waals surface area (Å²) in [5.41, 5.74) is 3.58. The van der Waals surface area contributed by atoms with E-state index in [0.717, 1.165) is 27.3 Å². The number of aryl methyl sites for hydroxylation is 1. The van der Waals surface area contributed by atoms with Gasteiger partial charge in [-0.05, 0) is 23.6 Å². The van der Waals surface area contributed by atoms with E-state index in [1.54, 1.807) is 24.3 Å². The highest BCUT2D eigenvalue weighted by atomic mass is 32.2. The predicted molar refractivity (Wildman–Crippen MR) is 119 cm³/mol. The van der Waals surface area contributed by atoms with Crippen LogP contribution >= 0.6 is 0 Å². The molecule has 1 amide bonds. The van der Waals surface area contributed by atoms with Crippen molar-refractivity contribution in [2.24, 2.45) is 0 Å². The maximum atomic E-state index is 13.4. The summed E-state index contributed by atoms with van der Waals surface area (Å²) in [7, 11) is -2.17. The van der Waals surface area contributed by atoms with E-state index in [1.165, 1.54) is 7.05 Å². The Morgan fingerprint density at radius 3 is 1.77 bits per heavy atom. The number of amides is 1. The molecule has 0 bridgehead atoms. The van der Waals surface area contributed by atoms with Crippen LogP contribution in [0.25, 0.3) is 0 Å². The number of hydrogen-bond donors (Lipinski definition) is 1. The molecule has 6 heteroatoms. The van der Waals surface area contributed by atoms with Crippen molar-refractivity contribution < 1.29 is 13.2 Å². The largest absolute Gasteiger partial charge is 0.343 e. The minimum absolute atomic E-state index is 0.386. The Balaban J connectivity index is 2.01. The maximum Gasteiger partial charge on any atom is 0.243 e. The molecule has 30 heavy (non-hydrogen) atoms. The van der Waals surface area contributed by atoms with Gasteiger partial charge in [-0.2, -0.15) is 4.31 Å². The summed E-state index contributed by atoms with van der Waals surface area (Å²) in [5.74, 6) is -0.386. The van der Waals surface area contributed by atoms with Crippen LogP contribution in [0.3, 0.4) is 0 Å².